The van der Waals surface area contributed by atoms with Crippen molar-refractivity contribution in [1.29, 1.82) is 0 Å². The molecule has 0 spiro atoms. The molecular formula is C20H18ClF4N5O3. The Labute approximate surface area is 188 Å². The number of nitrogens with zero attached hydrogens (tertiary/aromatic N) is 4. The zero-order valence-corrected chi connectivity index (χ0v) is 18.0. The Hall–Kier alpha value is -3.12. The van der Waals surface area contributed by atoms with Gasteiger partial charge in [-0.3, -0.25) is 9.59 Å². The number of anilines is 1. The SMILES string of the molecule is Cn1nc(NCc2cccc(C(F)(F)F)c2F)c2cn(N3CCOCC3)c(=O)c(Cl)c2c1=O. The second-order valence-corrected chi connectivity index (χ2v) is 7.73. The third-order valence-corrected chi connectivity index (χ3v) is 5.62. The predicted octanol–water partition coefficient (Wildman–Crippen LogP) is 2.49. The first-order chi connectivity index (χ1) is 15.6. The summed E-state index contributed by atoms with van der Waals surface area (Å²) >= 11 is 6.27. The molecule has 0 bridgehead atoms. The first-order valence-electron chi connectivity index (χ1n) is 9.83. The molecular weight excluding hydrogens is 470 g/mol. The molecule has 0 unspecified atom stereocenters. The van der Waals surface area contributed by atoms with E-state index in [1.807, 2.05) is 0 Å². The van der Waals surface area contributed by atoms with Gasteiger partial charge in [-0.1, -0.05) is 23.7 Å². The van der Waals surface area contributed by atoms with Gasteiger partial charge in [-0.15, -0.1) is 0 Å². The number of pyridine rings is 1. The molecule has 4 rings (SSSR count). The second kappa shape index (κ2) is 8.67. The quantitative estimate of drug-likeness (QED) is 0.570. The molecule has 0 atom stereocenters. The van der Waals surface area contributed by atoms with Crippen molar-refractivity contribution in [2.24, 2.45) is 7.05 Å². The number of benzene rings is 1. The van der Waals surface area contributed by atoms with Crippen molar-refractivity contribution in [2.75, 3.05) is 36.6 Å². The van der Waals surface area contributed by atoms with Gasteiger partial charge in [-0.25, -0.2) is 13.7 Å². The topological polar surface area (TPSA) is 81.4 Å². The summed E-state index contributed by atoms with van der Waals surface area (Å²) in [5.41, 5.74) is -2.87. The Morgan fingerprint density at radius 3 is 2.55 bits per heavy atom. The average Bonchev–Trinajstić information content (AvgIpc) is 2.77. The summed E-state index contributed by atoms with van der Waals surface area (Å²) in [6, 6.07) is 2.96. The molecule has 2 aromatic heterocycles. The van der Waals surface area contributed by atoms with Crippen LogP contribution in [0, 0.1) is 5.82 Å². The van der Waals surface area contributed by atoms with Gasteiger partial charge in [-0.05, 0) is 6.07 Å². The van der Waals surface area contributed by atoms with Crippen molar-refractivity contribution in [3.8, 4) is 0 Å². The number of fused-ring (bicyclic) bond motifs is 1. The molecule has 1 aliphatic heterocycles. The fourth-order valence-electron chi connectivity index (χ4n) is 3.59. The van der Waals surface area contributed by atoms with Gasteiger partial charge in [0.1, 0.15) is 10.8 Å². The first-order valence-corrected chi connectivity index (χ1v) is 10.2. The molecule has 1 N–H and O–H groups in total. The Morgan fingerprint density at radius 1 is 1.18 bits per heavy atom. The van der Waals surface area contributed by atoms with Crippen LogP contribution in [0.15, 0.2) is 34.0 Å². The molecule has 0 radical (unpaired) electrons. The average molecular weight is 488 g/mol. The van der Waals surface area contributed by atoms with Gasteiger partial charge in [0.2, 0.25) is 0 Å². The van der Waals surface area contributed by atoms with Crippen molar-refractivity contribution in [3.63, 3.8) is 0 Å². The van der Waals surface area contributed by atoms with E-state index >= 15 is 0 Å². The number of nitrogens with one attached hydrogen (secondary N) is 1. The Balaban J connectivity index is 1.80. The number of aromatic nitrogens is 3. The summed E-state index contributed by atoms with van der Waals surface area (Å²) in [7, 11) is 1.33. The highest BCUT2D eigenvalue weighted by molar-refractivity contribution is 6.35. The van der Waals surface area contributed by atoms with Gasteiger partial charge in [0.05, 0.1) is 42.6 Å². The molecule has 3 aromatic rings. The maximum absolute atomic E-state index is 14.4. The molecule has 1 aromatic carbocycles. The lowest BCUT2D eigenvalue weighted by molar-refractivity contribution is -0.140. The van der Waals surface area contributed by atoms with E-state index in [1.165, 1.54) is 24.0 Å². The lowest BCUT2D eigenvalue weighted by Gasteiger charge is -2.30. The van der Waals surface area contributed by atoms with Crippen LogP contribution in [0.5, 0.6) is 0 Å². The molecule has 1 aliphatic rings. The summed E-state index contributed by atoms with van der Waals surface area (Å²) in [5.74, 6) is -1.36. The molecule has 8 nitrogen and oxygen atoms in total. The lowest BCUT2D eigenvalue weighted by atomic mass is 10.1. The lowest BCUT2D eigenvalue weighted by Crippen LogP contribution is -2.49. The van der Waals surface area contributed by atoms with E-state index in [0.717, 1.165) is 10.7 Å². The van der Waals surface area contributed by atoms with E-state index in [0.29, 0.717) is 32.4 Å². The van der Waals surface area contributed by atoms with Crippen LogP contribution >= 0.6 is 11.6 Å². The number of morpholine rings is 1. The third kappa shape index (κ3) is 4.27. The van der Waals surface area contributed by atoms with Crippen LogP contribution in [0.25, 0.3) is 10.8 Å². The van der Waals surface area contributed by atoms with Gasteiger partial charge >= 0.3 is 6.18 Å². The molecule has 1 fully saturated rings. The first kappa shape index (κ1) is 23.1. The summed E-state index contributed by atoms with van der Waals surface area (Å²) in [6.45, 7) is 1.22. The number of halogens is 5. The van der Waals surface area contributed by atoms with Crippen molar-refractivity contribution < 1.29 is 22.3 Å². The highest BCUT2D eigenvalue weighted by Crippen LogP contribution is 2.32. The second-order valence-electron chi connectivity index (χ2n) is 7.35. The van der Waals surface area contributed by atoms with Crippen LogP contribution in [0.4, 0.5) is 23.4 Å². The predicted molar refractivity (Wildman–Crippen MR) is 114 cm³/mol. The van der Waals surface area contributed by atoms with E-state index in [1.54, 1.807) is 5.01 Å². The van der Waals surface area contributed by atoms with E-state index in [-0.39, 0.29) is 33.7 Å². The highest BCUT2D eigenvalue weighted by atomic mass is 35.5. The molecule has 1 saturated heterocycles. The fourth-order valence-corrected chi connectivity index (χ4v) is 3.86. The van der Waals surface area contributed by atoms with E-state index in [9.17, 15) is 27.2 Å². The molecule has 13 heteroatoms. The van der Waals surface area contributed by atoms with Crippen molar-refractivity contribution >= 4 is 28.2 Å². The van der Waals surface area contributed by atoms with Crippen LogP contribution in [0.3, 0.4) is 0 Å². The monoisotopic (exact) mass is 487 g/mol. The van der Waals surface area contributed by atoms with Crippen LogP contribution in [-0.2, 0) is 24.5 Å². The van der Waals surface area contributed by atoms with Gasteiger partial charge in [0, 0.05) is 25.4 Å². The Kier molecular flexibility index (Phi) is 6.06. The standard InChI is InChI=1S/C20H18ClF4N5O3/c1-28-18(31)14-12(10-30(19(32)15(14)21)29-5-7-33-8-6-29)17(27-28)26-9-11-3-2-4-13(16(11)22)20(23,24)25/h2-4,10H,5-9H2,1H3,(H,26,27). The molecule has 0 saturated carbocycles. The van der Waals surface area contributed by atoms with Crippen molar-refractivity contribution in [1.82, 2.24) is 14.5 Å². The number of hydrogen-bond acceptors (Lipinski definition) is 6. The maximum atomic E-state index is 14.4. The third-order valence-electron chi connectivity index (χ3n) is 5.27. The van der Waals surface area contributed by atoms with E-state index in [2.05, 4.69) is 10.4 Å². The van der Waals surface area contributed by atoms with Crippen LogP contribution < -0.4 is 21.4 Å². The zero-order chi connectivity index (χ0) is 23.9. The number of rotatable bonds is 4. The minimum Gasteiger partial charge on any atom is -0.378 e. The van der Waals surface area contributed by atoms with Gasteiger partial charge < -0.3 is 15.1 Å². The fraction of sp³-hybridized carbons (Fsp3) is 0.350. The molecule has 0 amide bonds. The van der Waals surface area contributed by atoms with Crippen LogP contribution in [0.2, 0.25) is 5.02 Å². The number of hydrogen-bond donors (Lipinski definition) is 1. The van der Waals surface area contributed by atoms with E-state index < -0.39 is 28.7 Å². The minimum atomic E-state index is -4.84. The molecule has 176 valence electrons. The van der Waals surface area contributed by atoms with Crippen LogP contribution in [-0.4, -0.2) is 40.8 Å². The van der Waals surface area contributed by atoms with Crippen molar-refractivity contribution in [3.05, 3.63) is 67.1 Å². The summed E-state index contributed by atoms with van der Waals surface area (Å²) < 4.78 is 61.0. The number of alkyl halides is 3. The summed E-state index contributed by atoms with van der Waals surface area (Å²) in [5, 5.41) is 8.31. The molecule has 3 heterocycles. The highest BCUT2D eigenvalue weighted by Gasteiger charge is 2.34. The summed E-state index contributed by atoms with van der Waals surface area (Å²) in [4.78, 5) is 25.5. The zero-order valence-electron chi connectivity index (χ0n) is 17.2. The Bertz CT molecular complexity index is 1330. The molecule has 33 heavy (non-hydrogen) atoms. The van der Waals surface area contributed by atoms with Gasteiger partial charge in [0.25, 0.3) is 11.1 Å². The number of aryl methyl sites for hydroxylation is 1. The van der Waals surface area contributed by atoms with Crippen molar-refractivity contribution in [2.45, 2.75) is 12.7 Å². The smallest absolute Gasteiger partial charge is 0.378 e. The normalized spacial score (nSPS) is 14.7. The number of ether oxygens (including phenoxy) is 1. The largest absolute Gasteiger partial charge is 0.419 e. The van der Waals surface area contributed by atoms with Gasteiger partial charge in [0.15, 0.2) is 5.82 Å². The van der Waals surface area contributed by atoms with Crippen LogP contribution in [0.1, 0.15) is 11.1 Å². The maximum Gasteiger partial charge on any atom is 0.419 e. The minimum absolute atomic E-state index is 0.0489. The van der Waals surface area contributed by atoms with E-state index in [4.69, 9.17) is 16.3 Å². The molecule has 0 aliphatic carbocycles. The summed E-state index contributed by atoms with van der Waals surface area (Å²) in [6.07, 6.45) is -3.46. The Morgan fingerprint density at radius 2 is 1.88 bits per heavy atom. The van der Waals surface area contributed by atoms with Gasteiger partial charge in [-0.2, -0.15) is 18.3 Å².